The second-order valence-corrected chi connectivity index (χ2v) is 8.51. The Morgan fingerprint density at radius 3 is 2.00 bits per heavy atom. The maximum atomic E-state index is 12.4. The molecule has 4 nitrogen and oxygen atoms in total. The van der Waals surface area contributed by atoms with Gasteiger partial charge in [-0.15, -0.1) is 0 Å². The molecule has 1 aliphatic heterocycles. The number of carbonyl (C=O) groups excluding carboxylic acids is 1. The van der Waals surface area contributed by atoms with Gasteiger partial charge in [-0.25, -0.2) is 4.79 Å². The third-order valence-corrected chi connectivity index (χ3v) is 4.69. The highest BCUT2D eigenvalue weighted by Gasteiger charge is 2.35. The van der Waals surface area contributed by atoms with Crippen LogP contribution in [0, 0.1) is 11.8 Å². The number of nitrogens with one attached hydrogen (secondary N) is 1. The van der Waals surface area contributed by atoms with Crippen molar-refractivity contribution in [3.05, 3.63) is 29.8 Å². The van der Waals surface area contributed by atoms with Crippen LogP contribution in [-0.4, -0.2) is 48.1 Å². The SMILES string of the molecule is CC(C)CN(CC(C)C)C1CN(C(=O)Nc2ccc(C(C)C)cc2)C1. The highest BCUT2D eigenvalue weighted by Crippen LogP contribution is 2.21. The molecule has 2 rings (SSSR count). The maximum Gasteiger partial charge on any atom is 0.321 e. The van der Waals surface area contributed by atoms with Gasteiger partial charge in [0.1, 0.15) is 0 Å². The van der Waals surface area contributed by atoms with Crippen LogP contribution >= 0.6 is 0 Å². The van der Waals surface area contributed by atoms with Crippen LogP contribution in [0.4, 0.5) is 10.5 Å². The van der Waals surface area contributed by atoms with Crippen molar-refractivity contribution in [2.24, 2.45) is 11.8 Å². The molecular weight excluding hydrogens is 310 g/mol. The van der Waals surface area contributed by atoms with E-state index in [0.717, 1.165) is 31.9 Å². The van der Waals surface area contributed by atoms with E-state index >= 15 is 0 Å². The van der Waals surface area contributed by atoms with Crippen molar-refractivity contribution in [2.75, 3.05) is 31.5 Å². The van der Waals surface area contributed by atoms with E-state index in [4.69, 9.17) is 0 Å². The molecule has 0 spiro atoms. The Labute approximate surface area is 153 Å². The molecule has 1 N–H and O–H groups in total. The highest BCUT2D eigenvalue weighted by atomic mass is 16.2. The Kier molecular flexibility index (Phi) is 6.88. The molecule has 25 heavy (non-hydrogen) atoms. The third-order valence-electron chi connectivity index (χ3n) is 4.69. The molecule has 2 amide bonds. The number of likely N-dealkylation sites (tertiary alicyclic amines) is 1. The van der Waals surface area contributed by atoms with Gasteiger partial charge in [-0.3, -0.25) is 4.90 Å². The van der Waals surface area contributed by atoms with Crippen molar-refractivity contribution in [1.29, 1.82) is 0 Å². The number of amides is 2. The summed E-state index contributed by atoms with van der Waals surface area (Å²) in [5.74, 6) is 1.82. The van der Waals surface area contributed by atoms with Gasteiger partial charge in [0.25, 0.3) is 0 Å². The zero-order valence-corrected chi connectivity index (χ0v) is 16.7. The van der Waals surface area contributed by atoms with E-state index in [2.05, 4.69) is 63.9 Å². The lowest BCUT2D eigenvalue weighted by atomic mass is 10.0. The lowest BCUT2D eigenvalue weighted by Crippen LogP contribution is -2.62. The number of carbonyl (C=O) groups is 1. The van der Waals surface area contributed by atoms with Crippen LogP contribution in [0.5, 0.6) is 0 Å². The third kappa shape index (κ3) is 5.74. The van der Waals surface area contributed by atoms with Gasteiger partial charge in [0.05, 0.1) is 0 Å². The molecule has 1 heterocycles. The predicted octanol–water partition coefficient (Wildman–Crippen LogP) is 4.64. The van der Waals surface area contributed by atoms with Crippen LogP contribution in [0.25, 0.3) is 0 Å². The first-order chi connectivity index (χ1) is 11.8. The summed E-state index contributed by atoms with van der Waals surface area (Å²) >= 11 is 0. The van der Waals surface area contributed by atoms with E-state index in [1.165, 1.54) is 5.56 Å². The number of hydrogen-bond donors (Lipinski definition) is 1. The smallest absolute Gasteiger partial charge is 0.321 e. The van der Waals surface area contributed by atoms with E-state index in [1.54, 1.807) is 0 Å². The lowest BCUT2D eigenvalue weighted by Gasteiger charge is -2.46. The summed E-state index contributed by atoms with van der Waals surface area (Å²) in [6.07, 6.45) is 0. The molecule has 1 aromatic rings. The summed E-state index contributed by atoms with van der Waals surface area (Å²) < 4.78 is 0. The summed E-state index contributed by atoms with van der Waals surface area (Å²) in [7, 11) is 0. The molecule has 0 atom stereocenters. The molecule has 140 valence electrons. The molecule has 1 aromatic carbocycles. The molecule has 0 radical (unpaired) electrons. The zero-order chi connectivity index (χ0) is 18.6. The van der Waals surface area contributed by atoms with E-state index in [0.29, 0.717) is 23.8 Å². The number of anilines is 1. The largest absolute Gasteiger partial charge is 0.321 e. The van der Waals surface area contributed by atoms with Crippen LogP contribution in [0.2, 0.25) is 0 Å². The van der Waals surface area contributed by atoms with E-state index in [1.807, 2.05) is 17.0 Å². The average molecular weight is 346 g/mol. The van der Waals surface area contributed by atoms with Gasteiger partial charge in [0.15, 0.2) is 0 Å². The Bertz CT molecular complexity index is 535. The monoisotopic (exact) mass is 345 g/mol. The quantitative estimate of drug-likeness (QED) is 0.781. The molecule has 4 heteroatoms. The van der Waals surface area contributed by atoms with Gasteiger partial charge >= 0.3 is 6.03 Å². The normalized spacial score (nSPS) is 15.4. The topological polar surface area (TPSA) is 35.6 Å². The van der Waals surface area contributed by atoms with Gasteiger partial charge in [0.2, 0.25) is 0 Å². The minimum absolute atomic E-state index is 0.0163. The second-order valence-electron chi connectivity index (χ2n) is 8.51. The summed E-state index contributed by atoms with van der Waals surface area (Å²) in [6, 6.07) is 8.68. The molecule has 0 aliphatic carbocycles. The Balaban J connectivity index is 1.84. The van der Waals surface area contributed by atoms with Crippen molar-refractivity contribution in [3.8, 4) is 0 Å². The molecule has 1 fully saturated rings. The average Bonchev–Trinajstić information content (AvgIpc) is 2.44. The lowest BCUT2D eigenvalue weighted by molar-refractivity contribution is 0.0464. The fourth-order valence-corrected chi connectivity index (χ4v) is 3.32. The first-order valence-electron chi connectivity index (χ1n) is 9.66. The number of rotatable bonds is 7. The zero-order valence-electron chi connectivity index (χ0n) is 16.7. The van der Waals surface area contributed by atoms with Gasteiger partial charge in [-0.05, 0) is 35.4 Å². The summed E-state index contributed by atoms with van der Waals surface area (Å²) in [6.45, 7) is 17.3. The molecular formula is C21H35N3O. The standard InChI is InChI=1S/C21H35N3O/c1-15(2)11-23(12-16(3)4)20-13-24(14-20)21(25)22-19-9-7-18(8-10-19)17(5)6/h7-10,15-17,20H,11-14H2,1-6H3,(H,22,25). The van der Waals surface area contributed by atoms with Crippen LogP contribution < -0.4 is 5.32 Å². The Hall–Kier alpha value is -1.55. The molecule has 0 bridgehead atoms. The molecule has 1 aliphatic rings. The van der Waals surface area contributed by atoms with Crippen molar-refractivity contribution < 1.29 is 4.79 Å². The van der Waals surface area contributed by atoms with Gasteiger partial charge < -0.3 is 10.2 Å². The molecule has 0 saturated carbocycles. The number of urea groups is 1. The molecule has 0 unspecified atom stereocenters. The number of nitrogens with zero attached hydrogens (tertiary/aromatic N) is 2. The van der Waals surface area contributed by atoms with Crippen LogP contribution in [0.15, 0.2) is 24.3 Å². The number of hydrogen-bond acceptors (Lipinski definition) is 2. The van der Waals surface area contributed by atoms with Crippen molar-refractivity contribution >= 4 is 11.7 Å². The summed E-state index contributed by atoms with van der Waals surface area (Å²) in [5, 5.41) is 3.02. The Morgan fingerprint density at radius 2 is 1.56 bits per heavy atom. The summed E-state index contributed by atoms with van der Waals surface area (Å²) in [4.78, 5) is 16.9. The first-order valence-corrected chi connectivity index (χ1v) is 9.66. The summed E-state index contributed by atoms with van der Waals surface area (Å²) in [5.41, 5.74) is 2.17. The maximum absolute atomic E-state index is 12.4. The van der Waals surface area contributed by atoms with Crippen molar-refractivity contribution in [1.82, 2.24) is 9.80 Å². The second kappa shape index (κ2) is 8.70. The van der Waals surface area contributed by atoms with Crippen LogP contribution in [0.1, 0.15) is 53.0 Å². The fraction of sp³-hybridized carbons (Fsp3) is 0.667. The van der Waals surface area contributed by atoms with Crippen LogP contribution in [-0.2, 0) is 0 Å². The van der Waals surface area contributed by atoms with E-state index in [-0.39, 0.29) is 6.03 Å². The minimum Gasteiger partial charge on any atom is -0.321 e. The van der Waals surface area contributed by atoms with Gasteiger partial charge in [-0.1, -0.05) is 53.7 Å². The van der Waals surface area contributed by atoms with Crippen molar-refractivity contribution in [3.63, 3.8) is 0 Å². The van der Waals surface area contributed by atoms with Gasteiger partial charge in [-0.2, -0.15) is 0 Å². The minimum atomic E-state index is 0.0163. The Morgan fingerprint density at radius 1 is 1.04 bits per heavy atom. The van der Waals surface area contributed by atoms with E-state index in [9.17, 15) is 4.79 Å². The van der Waals surface area contributed by atoms with Crippen molar-refractivity contribution in [2.45, 2.75) is 53.5 Å². The number of benzene rings is 1. The molecule has 0 aromatic heterocycles. The predicted molar refractivity (Wildman–Crippen MR) is 106 cm³/mol. The van der Waals surface area contributed by atoms with E-state index < -0.39 is 0 Å². The fourth-order valence-electron chi connectivity index (χ4n) is 3.32. The molecule has 1 saturated heterocycles. The van der Waals surface area contributed by atoms with Gasteiger partial charge in [0, 0.05) is 37.9 Å². The first kappa shape index (κ1) is 19.8. The highest BCUT2D eigenvalue weighted by molar-refractivity contribution is 5.89. The van der Waals surface area contributed by atoms with Crippen LogP contribution in [0.3, 0.4) is 0 Å².